The van der Waals surface area contributed by atoms with E-state index in [1.165, 1.54) is 6.92 Å². The molecule has 3 aromatic carbocycles. The lowest BCUT2D eigenvalue weighted by atomic mass is 9.89. The Hall–Kier alpha value is -3.74. The number of nitrogens with one attached hydrogen (secondary N) is 1. The van der Waals surface area contributed by atoms with Gasteiger partial charge >= 0.3 is 11.9 Å². The first-order valence-corrected chi connectivity index (χ1v) is 14.2. The van der Waals surface area contributed by atoms with Crippen molar-refractivity contribution in [2.24, 2.45) is 0 Å². The fourth-order valence-corrected chi connectivity index (χ4v) is 5.83. The number of thioether (sulfide) groups is 1. The standard InChI is InChI=1S/C31H33NO9S/c1-20(34)32-26-25(40-30(38)22-13-7-3-8-14-22)17-31(19-33,42-23-15-9-4-10-16-23)41-28(26)27(36)24(35)18-39-29(37)21-11-5-2-6-12-21/h2-16,24-28,33,35-36H,17-19H2,1H3,(H,32,34)/t24-,25+,26-,27-,28-,31?/m1/s1. The van der Waals surface area contributed by atoms with Crippen molar-refractivity contribution in [3.05, 3.63) is 102 Å². The van der Waals surface area contributed by atoms with Gasteiger partial charge in [0.05, 0.1) is 23.8 Å². The molecule has 0 radical (unpaired) electrons. The second kappa shape index (κ2) is 14.4. The number of hydrogen-bond donors (Lipinski definition) is 4. The molecule has 4 rings (SSSR count). The van der Waals surface area contributed by atoms with E-state index in [0.29, 0.717) is 0 Å². The number of amides is 1. The van der Waals surface area contributed by atoms with Crippen molar-refractivity contribution in [1.82, 2.24) is 5.32 Å². The quantitative estimate of drug-likeness (QED) is 0.244. The van der Waals surface area contributed by atoms with Gasteiger partial charge in [0.2, 0.25) is 5.91 Å². The maximum Gasteiger partial charge on any atom is 0.338 e. The number of aliphatic hydroxyl groups excluding tert-OH is 3. The van der Waals surface area contributed by atoms with Crippen LogP contribution in [0.5, 0.6) is 0 Å². The van der Waals surface area contributed by atoms with E-state index < -0.39 is 66.5 Å². The summed E-state index contributed by atoms with van der Waals surface area (Å²) in [5.74, 6) is -1.89. The Kier molecular flexibility index (Phi) is 10.7. The smallest absolute Gasteiger partial charge is 0.338 e. The maximum atomic E-state index is 13.1. The average molecular weight is 596 g/mol. The maximum absolute atomic E-state index is 13.1. The van der Waals surface area contributed by atoms with E-state index in [4.69, 9.17) is 14.2 Å². The van der Waals surface area contributed by atoms with Crippen LogP contribution in [0.15, 0.2) is 95.9 Å². The molecule has 0 saturated carbocycles. The fourth-order valence-electron chi connectivity index (χ4n) is 4.64. The van der Waals surface area contributed by atoms with Crippen LogP contribution in [0.3, 0.4) is 0 Å². The highest BCUT2D eigenvalue weighted by molar-refractivity contribution is 8.00. The van der Waals surface area contributed by atoms with Gasteiger partial charge in [0.1, 0.15) is 36.0 Å². The third kappa shape index (κ3) is 7.96. The van der Waals surface area contributed by atoms with Crippen molar-refractivity contribution < 1.29 is 43.9 Å². The Morgan fingerprint density at radius 2 is 1.48 bits per heavy atom. The third-order valence-electron chi connectivity index (χ3n) is 6.67. The minimum atomic E-state index is -1.73. The zero-order chi connectivity index (χ0) is 30.1. The van der Waals surface area contributed by atoms with Crippen LogP contribution >= 0.6 is 11.8 Å². The van der Waals surface area contributed by atoms with E-state index >= 15 is 0 Å². The molecule has 1 aliphatic heterocycles. The van der Waals surface area contributed by atoms with Crippen molar-refractivity contribution in [2.75, 3.05) is 13.2 Å². The lowest BCUT2D eigenvalue weighted by Crippen LogP contribution is -2.66. The van der Waals surface area contributed by atoms with Gasteiger partial charge in [0.25, 0.3) is 0 Å². The average Bonchev–Trinajstić information content (AvgIpc) is 3.01. The molecule has 42 heavy (non-hydrogen) atoms. The molecule has 1 saturated heterocycles. The van der Waals surface area contributed by atoms with Crippen LogP contribution in [0.25, 0.3) is 0 Å². The van der Waals surface area contributed by atoms with E-state index in [2.05, 4.69) is 5.32 Å². The Morgan fingerprint density at radius 1 is 0.929 bits per heavy atom. The summed E-state index contributed by atoms with van der Waals surface area (Å²) in [6.45, 7) is 0.110. The highest BCUT2D eigenvalue weighted by atomic mass is 32.2. The zero-order valence-electron chi connectivity index (χ0n) is 22.9. The monoisotopic (exact) mass is 595 g/mol. The van der Waals surface area contributed by atoms with Gasteiger partial charge < -0.3 is 34.8 Å². The number of benzene rings is 3. The summed E-state index contributed by atoms with van der Waals surface area (Å²) in [4.78, 5) is 37.1. The van der Waals surface area contributed by atoms with E-state index in [0.717, 1.165) is 16.7 Å². The molecule has 0 aromatic heterocycles. The van der Waals surface area contributed by atoms with Gasteiger partial charge in [0.15, 0.2) is 0 Å². The Bertz CT molecular complexity index is 1330. The van der Waals surface area contributed by atoms with Crippen LogP contribution in [0.2, 0.25) is 0 Å². The second-order valence-electron chi connectivity index (χ2n) is 9.83. The largest absolute Gasteiger partial charge is 0.459 e. The van der Waals surface area contributed by atoms with Crippen LogP contribution in [0, 0.1) is 0 Å². The summed E-state index contributed by atoms with van der Waals surface area (Å²) in [7, 11) is 0. The second-order valence-corrected chi connectivity index (χ2v) is 11.2. The first-order valence-electron chi connectivity index (χ1n) is 13.4. The number of aliphatic hydroxyl groups is 3. The van der Waals surface area contributed by atoms with Crippen molar-refractivity contribution in [2.45, 2.75) is 53.6 Å². The molecule has 1 amide bonds. The van der Waals surface area contributed by atoms with Crippen molar-refractivity contribution in [3.63, 3.8) is 0 Å². The minimum Gasteiger partial charge on any atom is -0.459 e. The molecular formula is C31H33NO9S. The summed E-state index contributed by atoms with van der Waals surface area (Å²) in [5.41, 5.74) is 0.525. The molecule has 1 unspecified atom stereocenters. The molecule has 10 nitrogen and oxygen atoms in total. The predicted octanol–water partition coefficient (Wildman–Crippen LogP) is 2.57. The predicted molar refractivity (Wildman–Crippen MR) is 154 cm³/mol. The molecule has 6 atom stereocenters. The van der Waals surface area contributed by atoms with Crippen molar-refractivity contribution in [1.29, 1.82) is 0 Å². The van der Waals surface area contributed by atoms with Crippen LogP contribution in [0.1, 0.15) is 34.1 Å². The first kappa shape index (κ1) is 31.2. The summed E-state index contributed by atoms with van der Waals surface area (Å²) < 4.78 is 17.4. The molecule has 0 spiro atoms. The summed E-state index contributed by atoms with van der Waals surface area (Å²) >= 11 is 1.15. The molecule has 1 fully saturated rings. The first-order chi connectivity index (χ1) is 20.2. The molecular weight excluding hydrogens is 562 g/mol. The van der Waals surface area contributed by atoms with E-state index in [1.807, 2.05) is 6.07 Å². The molecule has 3 aromatic rings. The Labute approximate surface area is 247 Å². The molecule has 11 heteroatoms. The van der Waals surface area contributed by atoms with Crippen LogP contribution in [0.4, 0.5) is 0 Å². The zero-order valence-corrected chi connectivity index (χ0v) is 23.7. The number of hydrogen-bond acceptors (Lipinski definition) is 10. The fraction of sp³-hybridized carbons (Fsp3) is 0.323. The topological polar surface area (TPSA) is 152 Å². The van der Waals surface area contributed by atoms with Crippen molar-refractivity contribution >= 4 is 29.6 Å². The third-order valence-corrected chi connectivity index (χ3v) is 7.94. The SMILES string of the molecule is CC(=O)N[C@H]1[C@H]([C@H](O)[C@H](O)COC(=O)c2ccccc2)OC(CO)(Sc2ccccc2)C[C@@H]1OC(=O)c1ccccc1. The molecule has 1 aliphatic rings. The minimum absolute atomic E-state index is 0.0606. The summed E-state index contributed by atoms with van der Waals surface area (Å²) in [6.07, 6.45) is -5.91. The number of rotatable bonds is 11. The van der Waals surface area contributed by atoms with Gasteiger partial charge in [0, 0.05) is 18.2 Å². The van der Waals surface area contributed by atoms with Crippen LogP contribution in [-0.2, 0) is 19.0 Å². The normalized spacial score (nSPS) is 23.3. The van der Waals surface area contributed by atoms with Gasteiger partial charge in [-0.2, -0.15) is 0 Å². The number of esters is 2. The van der Waals surface area contributed by atoms with Gasteiger partial charge in [-0.3, -0.25) is 4.79 Å². The highest BCUT2D eigenvalue weighted by Crippen LogP contribution is 2.44. The molecule has 0 aliphatic carbocycles. The van der Waals surface area contributed by atoms with Gasteiger partial charge in [-0.1, -0.05) is 66.4 Å². The van der Waals surface area contributed by atoms with Gasteiger partial charge in [-0.05, 0) is 36.4 Å². The van der Waals surface area contributed by atoms with Gasteiger partial charge in [-0.15, -0.1) is 0 Å². The molecule has 4 N–H and O–H groups in total. The number of carbonyl (C=O) groups is 3. The summed E-state index contributed by atoms with van der Waals surface area (Å²) in [5, 5.41) is 35.5. The molecule has 0 bridgehead atoms. The van der Waals surface area contributed by atoms with Gasteiger partial charge in [-0.25, -0.2) is 9.59 Å². The lowest BCUT2D eigenvalue weighted by Gasteiger charge is -2.49. The Morgan fingerprint density at radius 3 is 2.02 bits per heavy atom. The van der Waals surface area contributed by atoms with Crippen molar-refractivity contribution in [3.8, 4) is 0 Å². The van der Waals surface area contributed by atoms with Crippen LogP contribution in [-0.4, -0.2) is 81.8 Å². The molecule has 222 valence electrons. The van der Waals surface area contributed by atoms with Crippen LogP contribution < -0.4 is 5.32 Å². The number of ether oxygens (including phenoxy) is 3. The molecule has 1 heterocycles. The highest BCUT2D eigenvalue weighted by Gasteiger charge is 2.53. The lowest BCUT2D eigenvalue weighted by molar-refractivity contribution is -0.200. The van der Waals surface area contributed by atoms with E-state index in [-0.39, 0.29) is 17.5 Å². The number of carbonyl (C=O) groups excluding carboxylic acids is 3. The summed E-state index contributed by atoms with van der Waals surface area (Å²) in [6, 6.07) is 24.3. The Balaban J connectivity index is 1.62. The van der Waals surface area contributed by atoms with E-state index in [9.17, 15) is 29.7 Å². The van der Waals surface area contributed by atoms with E-state index in [1.54, 1.807) is 84.9 Å².